The summed E-state index contributed by atoms with van der Waals surface area (Å²) in [6.07, 6.45) is 1.60. The van der Waals surface area contributed by atoms with Crippen LogP contribution in [0.25, 0.3) is 0 Å². The molecule has 0 saturated carbocycles. The maximum atomic E-state index is 12.8. The molecule has 2 heterocycles. The van der Waals surface area contributed by atoms with Gasteiger partial charge in [0.05, 0.1) is 18.2 Å². The fourth-order valence-electron chi connectivity index (χ4n) is 2.86. The number of carbonyl (C=O) groups excluding carboxylic acids is 3. The van der Waals surface area contributed by atoms with Gasteiger partial charge < -0.3 is 20.7 Å². The maximum Gasteiger partial charge on any atom is 0.231 e. The van der Waals surface area contributed by atoms with E-state index in [1.165, 1.54) is 35.6 Å². The van der Waals surface area contributed by atoms with Crippen molar-refractivity contribution in [1.29, 1.82) is 0 Å². The van der Waals surface area contributed by atoms with Crippen molar-refractivity contribution < 1.29 is 23.5 Å². The summed E-state index contributed by atoms with van der Waals surface area (Å²) in [5.74, 6) is -0.362. The molecule has 2 aromatic rings. The fourth-order valence-corrected chi connectivity index (χ4v) is 3.61. The number of nitrogens with zero attached hydrogens (tertiary/aromatic N) is 1. The molecule has 1 atom stereocenters. The number of aromatic nitrogens is 1. The highest BCUT2D eigenvalue weighted by atomic mass is 32.1. The predicted molar refractivity (Wildman–Crippen MR) is 110 cm³/mol. The van der Waals surface area contributed by atoms with Crippen molar-refractivity contribution in [2.75, 3.05) is 25.0 Å². The van der Waals surface area contributed by atoms with Crippen LogP contribution >= 0.6 is 11.3 Å². The summed E-state index contributed by atoms with van der Waals surface area (Å²) in [6.45, 7) is 0.965. The molecule has 1 aliphatic heterocycles. The van der Waals surface area contributed by atoms with Gasteiger partial charge in [0.15, 0.2) is 5.13 Å². The van der Waals surface area contributed by atoms with E-state index in [0.29, 0.717) is 43.2 Å². The van der Waals surface area contributed by atoms with E-state index in [9.17, 15) is 18.8 Å². The number of piperidine rings is 1. The van der Waals surface area contributed by atoms with Gasteiger partial charge >= 0.3 is 0 Å². The number of aryl methyl sites for hydroxylation is 1. The Morgan fingerprint density at radius 2 is 2.10 bits per heavy atom. The highest BCUT2D eigenvalue weighted by Crippen LogP contribution is 2.19. The lowest BCUT2D eigenvalue weighted by atomic mass is 9.98. The van der Waals surface area contributed by atoms with Gasteiger partial charge in [0.25, 0.3) is 0 Å². The van der Waals surface area contributed by atoms with E-state index < -0.39 is 0 Å². The smallest absolute Gasteiger partial charge is 0.231 e. The lowest BCUT2D eigenvalue weighted by Crippen LogP contribution is -2.40. The molecule has 1 unspecified atom stereocenters. The lowest BCUT2D eigenvalue weighted by Gasteiger charge is -2.20. The average molecular weight is 434 g/mol. The van der Waals surface area contributed by atoms with E-state index in [4.69, 9.17) is 4.74 Å². The monoisotopic (exact) mass is 434 g/mol. The molecule has 0 radical (unpaired) electrons. The van der Waals surface area contributed by atoms with E-state index >= 15 is 0 Å². The minimum absolute atomic E-state index is 0.0316. The van der Waals surface area contributed by atoms with Crippen LogP contribution < -0.4 is 20.7 Å². The Balaban J connectivity index is 1.32. The van der Waals surface area contributed by atoms with Crippen LogP contribution in [0.2, 0.25) is 0 Å². The Hall–Kier alpha value is -3.01. The van der Waals surface area contributed by atoms with Crippen molar-refractivity contribution in [2.45, 2.75) is 25.7 Å². The second-order valence-electron chi connectivity index (χ2n) is 6.83. The number of anilines is 1. The summed E-state index contributed by atoms with van der Waals surface area (Å²) in [5, 5.41) is 10.5. The van der Waals surface area contributed by atoms with Crippen LogP contribution in [-0.4, -0.2) is 42.4 Å². The van der Waals surface area contributed by atoms with Crippen molar-refractivity contribution in [2.24, 2.45) is 5.92 Å². The number of rotatable bonds is 9. The molecule has 3 N–H and O–H groups in total. The zero-order valence-electron chi connectivity index (χ0n) is 16.3. The Morgan fingerprint density at radius 3 is 2.83 bits per heavy atom. The third-order valence-corrected chi connectivity index (χ3v) is 5.34. The van der Waals surface area contributed by atoms with Crippen LogP contribution in [0.4, 0.5) is 9.52 Å². The second-order valence-corrected chi connectivity index (χ2v) is 7.68. The predicted octanol–water partition coefficient (Wildman–Crippen LogP) is 1.87. The topological polar surface area (TPSA) is 109 Å². The van der Waals surface area contributed by atoms with Crippen LogP contribution in [0.1, 0.15) is 25.0 Å². The Labute approximate surface area is 177 Å². The normalized spacial score (nSPS) is 15.9. The first kappa shape index (κ1) is 21.7. The third-order valence-electron chi connectivity index (χ3n) is 4.53. The van der Waals surface area contributed by atoms with Gasteiger partial charge in [-0.3, -0.25) is 14.4 Å². The molecule has 1 fully saturated rings. The van der Waals surface area contributed by atoms with E-state index in [1.807, 2.05) is 5.38 Å². The van der Waals surface area contributed by atoms with Crippen molar-refractivity contribution in [3.8, 4) is 5.75 Å². The first-order chi connectivity index (χ1) is 14.5. The SMILES string of the molecule is O=C(CCc1csc(NC(=O)C2CCC(=O)NC2)n1)NCCOc1ccc(F)cc1. The van der Waals surface area contributed by atoms with E-state index in [0.717, 1.165) is 5.69 Å². The summed E-state index contributed by atoms with van der Waals surface area (Å²) in [6, 6.07) is 5.68. The molecular formula is C20H23FN4O4S. The zero-order valence-corrected chi connectivity index (χ0v) is 17.1. The minimum Gasteiger partial charge on any atom is -0.492 e. The Morgan fingerprint density at radius 1 is 1.30 bits per heavy atom. The second kappa shape index (κ2) is 10.7. The molecule has 0 aliphatic carbocycles. The molecule has 160 valence electrons. The largest absolute Gasteiger partial charge is 0.492 e. The van der Waals surface area contributed by atoms with Gasteiger partial charge in [0.1, 0.15) is 18.2 Å². The number of ether oxygens (including phenoxy) is 1. The molecule has 1 saturated heterocycles. The first-order valence-electron chi connectivity index (χ1n) is 9.66. The van der Waals surface area contributed by atoms with Crippen LogP contribution in [-0.2, 0) is 20.8 Å². The number of halogens is 1. The van der Waals surface area contributed by atoms with Crippen molar-refractivity contribution in [3.05, 3.63) is 41.2 Å². The molecule has 30 heavy (non-hydrogen) atoms. The summed E-state index contributed by atoms with van der Waals surface area (Å²) in [4.78, 5) is 39.7. The number of hydrogen-bond donors (Lipinski definition) is 3. The maximum absolute atomic E-state index is 12.8. The number of thiazole rings is 1. The molecule has 3 amide bonds. The molecule has 0 spiro atoms. The minimum atomic E-state index is -0.331. The number of nitrogens with one attached hydrogen (secondary N) is 3. The summed E-state index contributed by atoms with van der Waals surface area (Å²) >= 11 is 1.31. The Kier molecular flexibility index (Phi) is 7.72. The van der Waals surface area contributed by atoms with Gasteiger partial charge in [0, 0.05) is 24.8 Å². The van der Waals surface area contributed by atoms with Crippen molar-refractivity contribution in [1.82, 2.24) is 15.6 Å². The van der Waals surface area contributed by atoms with Gasteiger partial charge in [0.2, 0.25) is 17.7 Å². The Bertz CT molecular complexity index is 877. The molecular weight excluding hydrogens is 411 g/mol. The first-order valence-corrected chi connectivity index (χ1v) is 10.5. The molecule has 8 nitrogen and oxygen atoms in total. The lowest BCUT2D eigenvalue weighted by molar-refractivity contribution is -0.126. The van der Waals surface area contributed by atoms with Gasteiger partial charge in [-0.1, -0.05) is 0 Å². The summed E-state index contributed by atoms with van der Waals surface area (Å²) < 4.78 is 18.2. The van der Waals surface area contributed by atoms with Crippen LogP contribution in [0, 0.1) is 11.7 Å². The summed E-state index contributed by atoms with van der Waals surface area (Å²) in [7, 11) is 0. The highest BCUT2D eigenvalue weighted by molar-refractivity contribution is 7.13. The number of carbonyl (C=O) groups is 3. The molecule has 0 bridgehead atoms. The van der Waals surface area contributed by atoms with E-state index in [1.54, 1.807) is 0 Å². The zero-order chi connectivity index (χ0) is 21.3. The highest BCUT2D eigenvalue weighted by Gasteiger charge is 2.25. The fraction of sp³-hybridized carbons (Fsp3) is 0.400. The molecule has 1 aromatic heterocycles. The standard InChI is InChI=1S/C20H23FN4O4S/c21-14-2-5-16(6-3-14)29-10-9-22-17(26)8-4-15-12-30-20(24-15)25-19(28)13-1-7-18(27)23-11-13/h2-3,5-6,12-13H,1,4,7-11H2,(H,22,26)(H,23,27)(H,24,25,28). The van der Waals surface area contributed by atoms with Crippen LogP contribution in [0.5, 0.6) is 5.75 Å². The van der Waals surface area contributed by atoms with Crippen LogP contribution in [0.3, 0.4) is 0 Å². The van der Waals surface area contributed by atoms with Gasteiger partial charge in [-0.15, -0.1) is 11.3 Å². The van der Waals surface area contributed by atoms with Crippen LogP contribution in [0.15, 0.2) is 29.6 Å². The molecule has 3 rings (SSSR count). The number of benzene rings is 1. The van der Waals surface area contributed by atoms with Gasteiger partial charge in [-0.25, -0.2) is 9.37 Å². The number of hydrogen-bond acceptors (Lipinski definition) is 6. The molecule has 1 aliphatic rings. The quantitative estimate of drug-likeness (QED) is 0.522. The summed E-state index contributed by atoms with van der Waals surface area (Å²) in [5.41, 5.74) is 0.727. The van der Waals surface area contributed by atoms with Gasteiger partial charge in [-0.2, -0.15) is 0 Å². The van der Waals surface area contributed by atoms with Crippen molar-refractivity contribution >= 4 is 34.2 Å². The van der Waals surface area contributed by atoms with Gasteiger partial charge in [-0.05, 0) is 37.1 Å². The van der Waals surface area contributed by atoms with E-state index in [2.05, 4.69) is 20.9 Å². The average Bonchev–Trinajstić information content (AvgIpc) is 3.18. The molecule has 1 aromatic carbocycles. The van der Waals surface area contributed by atoms with E-state index in [-0.39, 0.29) is 42.5 Å². The molecule has 10 heteroatoms. The third kappa shape index (κ3) is 6.80. The number of amides is 3. The van der Waals surface area contributed by atoms with Crippen molar-refractivity contribution in [3.63, 3.8) is 0 Å².